The lowest BCUT2D eigenvalue weighted by Crippen LogP contribution is -2.21. The van der Waals surface area contributed by atoms with Crippen LogP contribution in [0.1, 0.15) is 19.4 Å². The zero-order chi connectivity index (χ0) is 23.2. The summed E-state index contributed by atoms with van der Waals surface area (Å²) in [5.74, 6) is 0.632. The highest BCUT2D eigenvalue weighted by Gasteiger charge is 2.20. The van der Waals surface area contributed by atoms with Crippen molar-refractivity contribution in [2.75, 3.05) is 5.32 Å². The highest BCUT2D eigenvalue weighted by Crippen LogP contribution is 2.26. The Kier molecular flexibility index (Phi) is 4.72. The first-order chi connectivity index (χ1) is 15.9. The van der Waals surface area contributed by atoms with E-state index in [0.717, 1.165) is 38.9 Å². The predicted molar refractivity (Wildman–Crippen MR) is 130 cm³/mol. The lowest BCUT2D eigenvalue weighted by Gasteiger charge is -2.16. The van der Waals surface area contributed by atoms with Crippen molar-refractivity contribution in [2.24, 2.45) is 7.05 Å². The van der Waals surface area contributed by atoms with E-state index in [0.29, 0.717) is 5.82 Å². The molecule has 0 aliphatic carbocycles. The Morgan fingerprint density at radius 1 is 1.00 bits per heavy atom. The number of benzene rings is 2. The molecule has 0 amide bonds. The molecule has 1 N–H and O–H groups in total. The summed E-state index contributed by atoms with van der Waals surface area (Å²) < 4.78 is 3.25. The Hall–Kier alpha value is -4.44. The van der Waals surface area contributed by atoms with E-state index in [1.54, 1.807) is 28.6 Å². The fraction of sp³-hybridized carbons (Fsp3) is 0.154. The summed E-state index contributed by atoms with van der Waals surface area (Å²) >= 11 is 0. The van der Waals surface area contributed by atoms with Crippen molar-refractivity contribution in [3.05, 3.63) is 89.1 Å². The smallest absolute Gasteiger partial charge is 0.333 e. The number of imidazole rings is 1. The van der Waals surface area contributed by atoms with E-state index in [-0.39, 0.29) is 5.69 Å². The van der Waals surface area contributed by atoms with Crippen LogP contribution in [0.5, 0.6) is 0 Å². The molecule has 7 heteroatoms. The first-order valence-electron chi connectivity index (χ1n) is 10.6. The fourth-order valence-electron chi connectivity index (χ4n) is 3.94. The number of hydrogen-bond acceptors (Lipinski definition) is 5. The second-order valence-electron chi connectivity index (χ2n) is 8.55. The number of fused-ring (bicyclic) bond motifs is 2. The molecule has 0 unspecified atom stereocenters. The van der Waals surface area contributed by atoms with Crippen LogP contribution in [0.4, 0.5) is 11.5 Å². The fourth-order valence-corrected chi connectivity index (χ4v) is 3.94. The van der Waals surface area contributed by atoms with Gasteiger partial charge in [-0.05, 0) is 55.8 Å². The van der Waals surface area contributed by atoms with Crippen LogP contribution in [0.15, 0.2) is 77.9 Å². The monoisotopic (exact) mass is 434 g/mol. The van der Waals surface area contributed by atoms with Crippen LogP contribution in [-0.2, 0) is 12.5 Å². The molecule has 0 bridgehead atoms. The number of nitrogens with one attached hydrogen (secondary N) is 1. The van der Waals surface area contributed by atoms with Gasteiger partial charge in [0.1, 0.15) is 5.82 Å². The first-order valence-corrected chi connectivity index (χ1v) is 10.6. The van der Waals surface area contributed by atoms with Crippen molar-refractivity contribution in [2.45, 2.75) is 19.3 Å². The van der Waals surface area contributed by atoms with Gasteiger partial charge in [-0.3, -0.25) is 14.1 Å². The maximum Gasteiger partial charge on any atom is 0.333 e. The molecule has 5 rings (SSSR count). The Morgan fingerprint density at radius 3 is 2.55 bits per heavy atom. The number of anilines is 2. The van der Waals surface area contributed by atoms with Gasteiger partial charge in [0.25, 0.3) is 0 Å². The van der Waals surface area contributed by atoms with E-state index in [9.17, 15) is 10.1 Å². The molecule has 0 fully saturated rings. The van der Waals surface area contributed by atoms with Gasteiger partial charge >= 0.3 is 5.69 Å². The summed E-state index contributed by atoms with van der Waals surface area (Å²) in [5.41, 5.74) is 4.16. The standard InChI is InChI=1S/C26H22N6O/c1-26(2,16-27)18-6-9-20(10-7-18)32-22-14-24(29-15-23(22)31(3)25(32)33)30-19-8-11-21-17(13-19)5-4-12-28-21/h4-15H,1-3H3,(H,29,30). The van der Waals surface area contributed by atoms with Crippen LogP contribution < -0.4 is 11.0 Å². The third kappa shape index (κ3) is 3.52. The number of aryl methyl sites for hydroxylation is 1. The minimum absolute atomic E-state index is 0.159. The SMILES string of the molecule is Cn1c(=O)n(-c2ccc(C(C)(C)C#N)cc2)c2cc(Nc3ccc4ncccc4c3)ncc21. The molecule has 0 saturated carbocycles. The maximum atomic E-state index is 13.1. The second-order valence-corrected chi connectivity index (χ2v) is 8.55. The minimum atomic E-state index is -0.599. The van der Waals surface area contributed by atoms with Gasteiger partial charge in [0.15, 0.2) is 0 Å². The van der Waals surface area contributed by atoms with Crippen LogP contribution in [0.25, 0.3) is 27.6 Å². The number of pyridine rings is 2. The number of hydrogen-bond donors (Lipinski definition) is 1. The number of aromatic nitrogens is 4. The van der Waals surface area contributed by atoms with Crippen molar-refractivity contribution < 1.29 is 0 Å². The molecule has 0 spiro atoms. The van der Waals surface area contributed by atoms with Crippen LogP contribution in [-0.4, -0.2) is 19.1 Å². The summed E-state index contributed by atoms with van der Waals surface area (Å²) in [5, 5.41) is 13.8. The van der Waals surface area contributed by atoms with Gasteiger partial charge in [0.05, 0.1) is 39.9 Å². The summed E-state index contributed by atoms with van der Waals surface area (Å²) in [6.07, 6.45) is 3.47. The van der Waals surface area contributed by atoms with Crippen LogP contribution in [0, 0.1) is 11.3 Å². The third-order valence-electron chi connectivity index (χ3n) is 5.94. The highest BCUT2D eigenvalue weighted by molar-refractivity contribution is 5.84. The average molecular weight is 435 g/mol. The Labute approximate surface area is 190 Å². The van der Waals surface area contributed by atoms with E-state index in [4.69, 9.17) is 0 Å². The Balaban J connectivity index is 1.57. The molecule has 0 atom stereocenters. The van der Waals surface area contributed by atoms with E-state index in [2.05, 4.69) is 21.4 Å². The molecular weight excluding hydrogens is 412 g/mol. The number of nitriles is 1. The molecule has 0 saturated heterocycles. The molecule has 33 heavy (non-hydrogen) atoms. The van der Waals surface area contributed by atoms with E-state index in [1.807, 2.05) is 74.5 Å². The molecule has 2 aromatic carbocycles. The molecule has 5 aromatic rings. The summed E-state index contributed by atoms with van der Waals surface area (Å²) in [7, 11) is 1.74. The summed E-state index contributed by atoms with van der Waals surface area (Å²) in [4.78, 5) is 21.9. The van der Waals surface area contributed by atoms with Crippen molar-refractivity contribution >= 4 is 33.4 Å². The third-order valence-corrected chi connectivity index (χ3v) is 5.94. The predicted octanol–water partition coefficient (Wildman–Crippen LogP) is 4.82. The van der Waals surface area contributed by atoms with Crippen molar-refractivity contribution in [1.82, 2.24) is 19.1 Å². The minimum Gasteiger partial charge on any atom is -0.340 e. The maximum absolute atomic E-state index is 13.1. The van der Waals surface area contributed by atoms with Crippen LogP contribution in [0.2, 0.25) is 0 Å². The number of nitrogens with zero attached hydrogens (tertiary/aromatic N) is 5. The molecule has 0 aliphatic rings. The van der Waals surface area contributed by atoms with Gasteiger partial charge in [-0.25, -0.2) is 9.78 Å². The van der Waals surface area contributed by atoms with Gasteiger partial charge in [0.2, 0.25) is 0 Å². The van der Waals surface area contributed by atoms with E-state index in [1.165, 1.54) is 0 Å². The quantitative estimate of drug-likeness (QED) is 0.438. The van der Waals surface area contributed by atoms with Crippen molar-refractivity contribution in [3.8, 4) is 11.8 Å². The average Bonchev–Trinajstić information content (AvgIpc) is 3.08. The van der Waals surface area contributed by atoms with Crippen LogP contribution in [0.3, 0.4) is 0 Å². The molecule has 3 heterocycles. The zero-order valence-corrected chi connectivity index (χ0v) is 18.6. The van der Waals surface area contributed by atoms with E-state index >= 15 is 0 Å². The molecule has 7 nitrogen and oxygen atoms in total. The molecule has 162 valence electrons. The van der Waals surface area contributed by atoms with Gasteiger partial charge in [0, 0.05) is 30.4 Å². The molecular formula is C26H22N6O. The lowest BCUT2D eigenvalue weighted by molar-refractivity contribution is 0.686. The second kappa shape index (κ2) is 7.61. The van der Waals surface area contributed by atoms with Crippen molar-refractivity contribution in [3.63, 3.8) is 0 Å². The molecule has 0 aliphatic heterocycles. The highest BCUT2D eigenvalue weighted by atomic mass is 16.1. The van der Waals surface area contributed by atoms with Gasteiger partial charge < -0.3 is 5.32 Å². The summed E-state index contributed by atoms with van der Waals surface area (Å²) in [6, 6.07) is 21.6. The van der Waals surface area contributed by atoms with Crippen molar-refractivity contribution in [1.29, 1.82) is 5.26 Å². The molecule has 3 aromatic heterocycles. The zero-order valence-electron chi connectivity index (χ0n) is 18.6. The van der Waals surface area contributed by atoms with Gasteiger partial charge in [-0.1, -0.05) is 18.2 Å². The normalized spacial score (nSPS) is 11.6. The summed E-state index contributed by atoms with van der Waals surface area (Å²) in [6.45, 7) is 3.75. The lowest BCUT2D eigenvalue weighted by atomic mass is 9.86. The largest absolute Gasteiger partial charge is 0.340 e. The van der Waals surface area contributed by atoms with Gasteiger partial charge in [-0.15, -0.1) is 0 Å². The van der Waals surface area contributed by atoms with E-state index < -0.39 is 5.41 Å². The Morgan fingerprint density at radius 2 is 1.79 bits per heavy atom. The van der Waals surface area contributed by atoms with Crippen LogP contribution >= 0.6 is 0 Å². The first kappa shape index (κ1) is 20.5. The molecule has 0 radical (unpaired) electrons. The topological polar surface area (TPSA) is 88.5 Å². The number of rotatable bonds is 4. The van der Waals surface area contributed by atoms with Gasteiger partial charge in [-0.2, -0.15) is 5.26 Å². The Bertz CT molecular complexity index is 1600.